The zero-order chi connectivity index (χ0) is 23.6. The number of hydrogen-bond donors (Lipinski definition) is 1. The number of nitrogens with one attached hydrogen (secondary N) is 1. The Morgan fingerprint density at radius 3 is 2.53 bits per heavy atom. The first-order chi connectivity index (χ1) is 15.1. The Kier molecular flexibility index (Phi) is 6.83. The molecule has 32 heavy (non-hydrogen) atoms. The molecular formula is C21H22ClFN6O3. The molecule has 1 N–H and O–H groups in total. The number of halogens is 2. The molecule has 168 valence electrons. The van der Waals surface area contributed by atoms with Crippen molar-refractivity contribution >= 4 is 29.3 Å². The molecule has 3 rings (SSSR count). The zero-order valence-electron chi connectivity index (χ0n) is 17.8. The van der Waals surface area contributed by atoms with E-state index in [2.05, 4.69) is 26.8 Å². The van der Waals surface area contributed by atoms with E-state index in [0.717, 1.165) is 0 Å². The van der Waals surface area contributed by atoms with Crippen LogP contribution in [0.3, 0.4) is 0 Å². The summed E-state index contributed by atoms with van der Waals surface area (Å²) in [6.45, 7) is 6.52. The van der Waals surface area contributed by atoms with Gasteiger partial charge in [-0.15, -0.1) is 0 Å². The number of nitrogens with zero attached hydrogens (tertiary/aromatic N) is 5. The summed E-state index contributed by atoms with van der Waals surface area (Å²) in [5.41, 5.74) is 1.44. The third-order valence-corrected chi connectivity index (χ3v) is 5.36. The first kappa shape index (κ1) is 23.3. The lowest BCUT2D eigenvalue weighted by atomic mass is 9.98. The van der Waals surface area contributed by atoms with Gasteiger partial charge in [-0.25, -0.2) is 19.3 Å². The van der Waals surface area contributed by atoms with Crippen LogP contribution in [0.2, 0.25) is 5.15 Å². The van der Waals surface area contributed by atoms with Gasteiger partial charge in [0.15, 0.2) is 5.83 Å². The first-order valence-corrected chi connectivity index (χ1v) is 10.1. The summed E-state index contributed by atoms with van der Waals surface area (Å²) in [7, 11) is 1.49. The van der Waals surface area contributed by atoms with Crippen molar-refractivity contribution in [1.82, 2.24) is 30.1 Å². The fraction of sp³-hybridized carbons (Fsp3) is 0.333. The predicted molar refractivity (Wildman–Crippen MR) is 115 cm³/mol. The predicted octanol–water partition coefficient (Wildman–Crippen LogP) is 2.16. The highest BCUT2D eigenvalue weighted by Crippen LogP contribution is 2.32. The van der Waals surface area contributed by atoms with Crippen molar-refractivity contribution in [1.29, 1.82) is 0 Å². The monoisotopic (exact) mass is 460 g/mol. The maximum absolute atomic E-state index is 13.5. The summed E-state index contributed by atoms with van der Waals surface area (Å²) in [4.78, 5) is 51.9. The van der Waals surface area contributed by atoms with Gasteiger partial charge in [-0.3, -0.25) is 14.4 Å². The lowest BCUT2D eigenvalue weighted by Crippen LogP contribution is -2.56. The van der Waals surface area contributed by atoms with E-state index < -0.39 is 17.8 Å². The molecule has 0 unspecified atom stereocenters. The lowest BCUT2D eigenvalue weighted by Gasteiger charge is -2.45. The number of hydrogen-bond acceptors (Lipinski definition) is 6. The van der Waals surface area contributed by atoms with Crippen LogP contribution in [0.25, 0.3) is 11.4 Å². The molecule has 1 saturated heterocycles. The van der Waals surface area contributed by atoms with E-state index in [4.69, 9.17) is 11.6 Å². The van der Waals surface area contributed by atoms with Gasteiger partial charge in [-0.1, -0.05) is 18.2 Å². The Morgan fingerprint density at radius 2 is 1.91 bits per heavy atom. The van der Waals surface area contributed by atoms with Crippen molar-refractivity contribution in [3.8, 4) is 11.4 Å². The number of carbonyl (C=O) groups is 3. The number of rotatable bonds is 4. The molecule has 0 spiro atoms. The van der Waals surface area contributed by atoms with Crippen LogP contribution in [-0.2, 0) is 9.59 Å². The number of pyridine rings is 1. The van der Waals surface area contributed by atoms with Crippen LogP contribution in [0.15, 0.2) is 36.9 Å². The van der Waals surface area contributed by atoms with Crippen LogP contribution in [0.4, 0.5) is 4.39 Å². The van der Waals surface area contributed by atoms with Gasteiger partial charge in [0.1, 0.15) is 17.2 Å². The van der Waals surface area contributed by atoms with Crippen molar-refractivity contribution in [3.63, 3.8) is 0 Å². The molecule has 9 nitrogen and oxygen atoms in total. The Bertz CT molecular complexity index is 1090. The third kappa shape index (κ3) is 4.75. The molecule has 1 fully saturated rings. The van der Waals surface area contributed by atoms with Crippen molar-refractivity contribution in [3.05, 3.63) is 53.3 Å². The second kappa shape index (κ2) is 9.39. The summed E-state index contributed by atoms with van der Waals surface area (Å²) in [5.74, 6) is -2.48. The number of amides is 3. The largest absolute Gasteiger partial charge is 0.354 e. The standard InChI is InChI=1S/C21H22ClFN6O3/c1-11-8-28(21(32)12(2)23)9-18(29(11)13(3)30)14-5-16(27-19(22)6-14)15-7-17(20(31)24-4)26-10-25-15/h5-7,10-11,18H,2,8-9H2,1,3-4H3,(H,24,31)/t11-,18-/m0/s1. The highest BCUT2D eigenvalue weighted by Gasteiger charge is 2.37. The second-order valence-electron chi connectivity index (χ2n) is 7.38. The number of aromatic nitrogens is 3. The van der Waals surface area contributed by atoms with Gasteiger partial charge in [0, 0.05) is 33.1 Å². The molecule has 2 atom stereocenters. The molecular weight excluding hydrogens is 439 g/mol. The highest BCUT2D eigenvalue weighted by molar-refractivity contribution is 6.29. The van der Waals surface area contributed by atoms with Crippen LogP contribution < -0.4 is 5.32 Å². The summed E-state index contributed by atoms with van der Waals surface area (Å²) in [5, 5.41) is 2.62. The van der Waals surface area contributed by atoms with E-state index >= 15 is 0 Å². The minimum atomic E-state index is -1.07. The van der Waals surface area contributed by atoms with Gasteiger partial charge in [-0.05, 0) is 30.7 Å². The van der Waals surface area contributed by atoms with E-state index in [-0.39, 0.29) is 41.8 Å². The van der Waals surface area contributed by atoms with Crippen LogP contribution in [0, 0.1) is 0 Å². The van der Waals surface area contributed by atoms with E-state index in [0.29, 0.717) is 17.0 Å². The average Bonchev–Trinajstić information content (AvgIpc) is 2.76. The molecule has 0 aromatic carbocycles. The van der Waals surface area contributed by atoms with Gasteiger partial charge in [0.05, 0.1) is 17.4 Å². The van der Waals surface area contributed by atoms with Gasteiger partial charge >= 0.3 is 0 Å². The van der Waals surface area contributed by atoms with Crippen molar-refractivity contribution < 1.29 is 18.8 Å². The maximum Gasteiger partial charge on any atom is 0.282 e. The van der Waals surface area contributed by atoms with Crippen molar-refractivity contribution in [2.45, 2.75) is 25.9 Å². The smallest absolute Gasteiger partial charge is 0.282 e. The fourth-order valence-electron chi connectivity index (χ4n) is 3.81. The zero-order valence-corrected chi connectivity index (χ0v) is 18.6. The van der Waals surface area contributed by atoms with Crippen molar-refractivity contribution in [2.75, 3.05) is 20.1 Å². The number of carbonyl (C=O) groups excluding carboxylic acids is 3. The average molecular weight is 461 g/mol. The van der Waals surface area contributed by atoms with E-state index in [1.165, 1.54) is 31.3 Å². The minimum Gasteiger partial charge on any atom is -0.354 e. The molecule has 0 radical (unpaired) electrons. The molecule has 2 aromatic heterocycles. The molecule has 0 bridgehead atoms. The number of piperazine rings is 1. The second-order valence-corrected chi connectivity index (χ2v) is 7.77. The van der Waals surface area contributed by atoms with Gasteiger partial charge < -0.3 is 15.1 Å². The minimum absolute atomic E-state index is 0.0543. The Hall–Kier alpha value is -3.40. The Morgan fingerprint density at radius 1 is 1.19 bits per heavy atom. The third-order valence-electron chi connectivity index (χ3n) is 5.16. The molecule has 0 saturated carbocycles. The van der Waals surface area contributed by atoms with Crippen LogP contribution in [-0.4, -0.2) is 68.7 Å². The molecule has 1 aliphatic rings. The highest BCUT2D eigenvalue weighted by atomic mass is 35.5. The summed E-state index contributed by atoms with van der Waals surface area (Å²) in [6.07, 6.45) is 1.24. The fourth-order valence-corrected chi connectivity index (χ4v) is 4.03. The molecule has 11 heteroatoms. The lowest BCUT2D eigenvalue weighted by molar-refractivity contribution is -0.144. The maximum atomic E-state index is 13.5. The molecule has 0 aliphatic carbocycles. The van der Waals surface area contributed by atoms with Crippen LogP contribution >= 0.6 is 11.6 Å². The Balaban J connectivity index is 2.06. The normalized spacial score (nSPS) is 18.3. The van der Waals surface area contributed by atoms with E-state index in [1.807, 2.05) is 0 Å². The van der Waals surface area contributed by atoms with Gasteiger partial charge in [-0.2, -0.15) is 0 Å². The molecule has 1 aliphatic heterocycles. The summed E-state index contributed by atoms with van der Waals surface area (Å²) in [6, 6.07) is 3.75. The molecule has 3 heterocycles. The summed E-state index contributed by atoms with van der Waals surface area (Å²) < 4.78 is 13.5. The van der Waals surface area contributed by atoms with Crippen molar-refractivity contribution in [2.24, 2.45) is 0 Å². The molecule has 3 amide bonds. The van der Waals surface area contributed by atoms with E-state index in [1.54, 1.807) is 24.0 Å². The topological polar surface area (TPSA) is 108 Å². The SMILES string of the molecule is C=C(F)C(=O)N1C[C@H](C)N(C(C)=O)[C@H](c2cc(Cl)nc(-c3cc(C(=O)NC)ncn3)c2)C1. The van der Waals surface area contributed by atoms with Gasteiger partial charge in [0.2, 0.25) is 5.91 Å². The van der Waals surface area contributed by atoms with Crippen LogP contribution in [0.1, 0.15) is 35.9 Å². The first-order valence-electron chi connectivity index (χ1n) is 9.77. The summed E-state index contributed by atoms with van der Waals surface area (Å²) >= 11 is 6.27. The van der Waals surface area contributed by atoms with Gasteiger partial charge in [0.25, 0.3) is 11.8 Å². The Labute approximate surface area is 189 Å². The van der Waals surface area contributed by atoms with E-state index in [9.17, 15) is 18.8 Å². The quantitative estimate of drug-likeness (QED) is 0.553. The van der Waals surface area contributed by atoms with Crippen LogP contribution in [0.5, 0.6) is 0 Å². The molecule has 2 aromatic rings.